The van der Waals surface area contributed by atoms with E-state index in [-0.39, 0.29) is 0 Å². The van der Waals surface area contributed by atoms with Crippen molar-refractivity contribution in [2.45, 2.75) is 13.8 Å². The van der Waals surface area contributed by atoms with Crippen LogP contribution in [0.2, 0.25) is 0 Å². The van der Waals surface area contributed by atoms with Gasteiger partial charge in [0.2, 0.25) is 0 Å². The molecule has 1 aromatic carbocycles. The molecular formula is C10H13NS. The number of aryl methyl sites for hydroxylation is 1. The largest absolute Gasteiger partial charge is 0.361 e. The van der Waals surface area contributed by atoms with Crippen LogP contribution in [0.25, 0.3) is 0 Å². The molecule has 0 spiro atoms. The molecule has 12 heavy (non-hydrogen) atoms. The van der Waals surface area contributed by atoms with E-state index in [1.807, 2.05) is 25.3 Å². The van der Waals surface area contributed by atoms with Crippen molar-refractivity contribution in [2.24, 2.45) is 0 Å². The molecule has 0 atom stereocenters. The summed E-state index contributed by atoms with van der Waals surface area (Å²) in [6, 6.07) is 8.24. The summed E-state index contributed by atoms with van der Waals surface area (Å²) >= 11 is 4.15. The molecule has 0 aromatic heterocycles. The smallest absolute Gasteiger partial charge is 0.0380 e. The highest BCUT2D eigenvalue weighted by molar-refractivity contribution is 7.84. The second-order valence-electron chi connectivity index (χ2n) is 2.80. The lowest BCUT2D eigenvalue weighted by molar-refractivity contribution is 1.45. The van der Waals surface area contributed by atoms with Crippen molar-refractivity contribution < 1.29 is 0 Å². The minimum Gasteiger partial charge on any atom is -0.361 e. The van der Waals surface area contributed by atoms with Gasteiger partial charge < -0.3 is 5.32 Å². The van der Waals surface area contributed by atoms with Crippen molar-refractivity contribution in [3.05, 3.63) is 40.9 Å². The molecular weight excluding hydrogens is 166 g/mol. The quantitative estimate of drug-likeness (QED) is 0.664. The molecule has 0 aliphatic heterocycles. The van der Waals surface area contributed by atoms with Crippen LogP contribution >= 0.6 is 12.6 Å². The number of thiol groups is 1. The molecule has 2 heteroatoms. The average Bonchev–Trinajstić information content (AvgIpc) is 2.03. The maximum Gasteiger partial charge on any atom is 0.0380 e. The Hall–Kier alpha value is -0.890. The van der Waals surface area contributed by atoms with E-state index >= 15 is 0 Å². The number of anilines is 1. The first-order valence-electron chi connectivity index (χ1n) is 3.87. The van der Waals surface area contributed by atoms with Crippen LogP contribution in [0.5, 0.6) is 0 Å². The standard InChI is InChI=1S/C10H13NS/c1-8-3-5-10(6-4-8)11-7-9(2)12/h3-7,11-12H,1-2H3/b9-7+. The maximum absolute atomic E-state index is 4.15. The van der Waals surface area contributed by atoms with Crippen LogP contribution < -0.4 is 5.32 Å². The van der Waals surface area contributed by atoms with Crippen LogP contribution in [-0.2, 0) is 0 Å². The lowest BCUT2D eigenvalue weighted by Gasteiger charge is -2.00. The predicted molar refractivity (Wildman–Crippen MR) is 57.5 cm³/mol. The lowest BCUT2D eigenvalue weighted by Crippen LogP contribution is -1.87. The molecule has 0 saturated heterocycles. The number of nitrogens with one attached hydrogen (secondary N) is 1. The Morgan fingerprint density at radius 1 is 1.33 bits per heavy atom. The fourth-order valence-corrected chi connectivity index (χ4v) is 0.902. The van der Waals surface area contributed by atoms with Gasteiger partial charge in [0.05, 0.1) is 0 Å². The van der Waals surface area contributed by atoms with Crippen LogP contribution in [0.15, 0.2) is 35.4 Å². The van der Waals surface area contributed by atoms with E-state index < -0.39 is 0 Å². The van der Waals surface area contributed by atoms with Gasteiger partial charge in [-0.3, -0.25) is 0 Å². The number of hydrogen-bond donors (Lipinski definition) is 2. The van der Waals surface area contributed by atoms with E-state index in [9.17, 15) is 0 Å². The van der Waals surface area contributed by atoms with Gasteiger partial charge in [-0.25, -0.2) is 0 Å². The molecule has 0 saturated carbocycles. The third-order valence-corrected chi connectivity index (χ3v) is 1.63. The molecule has 0 aliphatic rings. The third-order valence-electron chi connectivity index (χ3n) is 1.50. The van der Waals surface area contributed by atoms with E-state index in [4.69, 9.17) is 0 Å². The van der Waals surface area contributed by atoms with E-state index in [1.54, 1.807) is 0 Å². The van der Waals surface area contributed by atoms with Crippen LogP contribution in [0.3, 0.4) is 0 Å². The molecule has 0 unspecified atom stereocenters. The highest BCUT2D eigenvalue weighted by Crippen LogP contribution is 2.09. The topological polar surface area (TPSA) is 12.0 Å². The number of allylic oxidation sites excluding steroid dienone is 1. The fraction of sp³-hybridized carbons (Fsp3) is 0.200. The van der Waals surface area contributed by atoms with E-state index in [0.29, 0.717) is 0 Å². The molecule has 0 amide bonds. The summed E-state index contributed by atoms with van der Waals surface area (Å²) < 4.78 is 0. The summed E-state index contributed by atoms with van der Waals surface area (Å²) in [4.78, 5) is 0.968. The third kappa shape index (κ3) is 3.01. The second-order valence-corrected chi connectivity index (χ2v) is 3.50. The van der Waals surface area contributed by atoms with Crippen LogP contribution in [-0.4, -0.2) is 0 Å². The number of hydrogen-bond acceptors (Lipinski definition) is 2. The minimum atomic E-state index is 0.968. The summed E-state index contributed by atoms with van der Waals surface area (Å²) in [6.07, 6.45) is 1.87. The van der Waals surface area contributed by atoms with Crippen molar-refractivity contribution >= 4 is 18.3 Å². The van der Waals surface area contributed by atoms with E-state index in [1.165, 1.54) is 5.56 Å². The first-order chi connectivity index (χ1) is 5.68. The molecule has 0 radical (unpaired) electrons. The molecule has 0 heterocycles. The Morgan fingerprint density at radius 2 is 1.92 bits per heavy atom. The summed E-state index contributed by atoms with van der Waals surface area (Å²) in [7, 11) is 0. The first kappa shape index (κ1) is 9.20. The van der Waals surface area contributed by atoms with Crippen molar-refractivity contribution in [1.29, 1.82) is 0 Å². The van der Waals surface area contributed by atoms with Crippen molar-refractivity contribution in [2.75, 3.05) is 5.32 Å². The zero-order chi connectivity index (χ0) is 8.97. The Labute approximate surface area is 78.9 Å². The Kier molecular flexibility index (Phi) is 3.23. The Bertz CT molecular complexity index is 270. The second kappa shape index (κ2) is 4.21. The van der Waals surface area contributed by atoms with E-state index in [0.717, 1.165) is 10.6 Å². The van der Waals surface area contributed by atoms with Gasteiger partial charge in [-0.1, -0.05) is 17.7 Å². The van der Waals surface area contributed by atoms with E-state index in [2.05, 4.69) is 37.0 Å². The van der Waals surface area contributed by atoms with Gasteiger partial charge >= 0.3 is 0 Å². The molecule has 0 aliphatic carbocycles. The normalized spacial score (nSPS) is 11.4. The van der Waals surface area contributed by atoms with Gasteiger partial charge in [-0.2, -0.15) is 0 Å². The van der Waals surface area contributed by atoms with Crippen LogP contribution in [0.1, 0.15) is 12.5 Å². The van der Waals surface area contributed by atoms with Gasteiger partial charge in [0.1, 0.15) is 0 Å². The molecule has 64 valence electrons. The van der Waals surface area contributed by atoms with Crippen molar-refractivity contribution in [3.8, 4) is 0 Å². The summed E-state index contributed by atoms with van der Waals surface area (Å²) in [6.45, 7) is 4.01. The number of benzene rings is 1. The zero-order valence-corrected chi connectivity index (χ0v) is 8.23. The summed E-state index contributed by atoms with van der Waals surface area (Å²) in [5.41, 5.74) is 2.36. The summed E-state index contributed by atoms with van der Waals surface area (Å²) in [5, 5.41) is 3.13. The van der Waals surface area contributed by atoms with Gasteiger partial charge in [-0.05, 0) is 30.9 Å². The van der Waals surface area contributed by atoms with Crippen molar-refractivity contribution in [3.63, 3.8) is 0 Å². The number of rotatable bonds is 2. The summed E-state index contributed by atoms with van der Waals surface area (Å²) in [5.74, 6) is 0. The molecule has 1 rings (SSSR count). The maximum atomic E-state index is 4.15. The molecule has 1 aromatic rings. The molecule has 0 fully saturated rings. The highest BCUT2D eigenvalue weighted by Gasteiger charge is 1.87. The van der Waals surface area contributed by atoms with Gasteiger partial charge in [-0.15, -0.1) is 12.6 Å². The molecule has 1 nitrogen and oxygen atoms in total. The van der Waals surface area contributed by atoms with Gasteiger partial charge in [0.15, 0.2) is 0 Å². The predicted octanol–water partition coefficient (Wildman–Crippen LogP) is 3.20. The van der Waals surface area contributed by atoms with Crippen LogP contribution in [0, 0.1) is 6.92 Å². The Balaban J connectivity index is 2.65. The molecule has 0 bridgehead atoms. The zero-order valence-electron chi connectivity index (χ0n) is 7.33. The van der Waals surface area contributed by atoms with Crippen molar-refractivity contribution in [1.82, 2.24) is 0 Å². The van der Waals surface area contributed by atoms with Gasteiger partial charge in [0, 0.05) is 11.9 Å². The Morgan fingerprint density at radius 3 is 2.42 bits per heavy atom. The SMILES string of the molecule is C/C(S)=C\Nc1ccc(C)cc1. The average molecular weight is 179 g/mol. The van der Waals surface area contributed by atoms with Gasteiger partial charge in [0.25, 0.3) is 0 Å². The lowest BCUT2D eigenvalue weighted by atomic mass is 10.2. The first-order valence-corrected chi connectivity index (χ1v) is 4.32. The highest BCUT2D eigenvalue weighted by atomic mass is 32.1. The molecule has 1 N–H and O–H groups in total. The monoisotopic (exact) mass is 179 g/mol. The minimum absolute atomic E-state index is 0.968. The van der Waals surface area contributed by atoms with Crippen LogP contribution in [0.4, 0.5) is 5.69 Å². The fourth-order valence-electron chi connectivity index (χ4n) is 0.838.